The van der Waals surface area contributed by atoms with Crippen LogP contribution in [0.1, 0.15) is 32.8 Å². The minimum absolute atomic E-state index is 0.00550. The molecule has 2 amide bonds. The molecule has 3 rings (SSSR count). The smallest absolute Gasteiger partial charge is 0.407 e. The van der Waals surface area contributed by atoms with E-state index in [9.17, 15) is 18.0 Å². The molecule has 8 nitrogen and oxygen atoms in total. The number of rotatable bonds is 6. The lowest BCUT2D eigenvalue weighted by atomic mass is 10.1. The number of nitrogens with one attached hydrogen (secondary N) is 1. The number of hydrogen-bond donors (Lipinski definition) is 2. The topological polar surface area (TPSA) is 107 Å². The first kappa shape index (κ1) is 22.5. The lowest BCUT2D eigenvalue weighted by molar-refractivity contribution is -0.125. The standard InChI is InChI=1S/C20H27N3O5S2/c1-20(2,3)23-18(24)16(17(30(23,27)28)14-7-5-4-6-8-14)21-10-12-29-15-9-11-22(13-15)19(25)26/h4-8,15,21H,9-13H2,1-3H3,(H,25,26). The van der Waals surface area contributed by atoms with E-state index in [1.54, 1.807) is 62.9 Å². The van der Waals surface area contributed by atoms with Crippen molar-refractivity contribution in [3.63, 3.8) is 0 Å². The van der Waals surface area contributed by atoms with E-state index >= 15 is 0 Å². The molecule has 0 saturated carbocycles. The highest BCUT2D eigenvalue weighted by Gasteiger charge is 2.49. The van der Waals surface area contributed by atoms with Crippen LogP contribution in [-0.4, -0.2) is 70.9 Å². The van der Waals surface area contributed by atoms with Crippen LogP contribution in [0.15, 0.2) is 36.0 Å². The Morgan fingerprint density at radius 2 is 1.93 bits per heavy atom. The molecule has 1 atom stereocenters. The number of benzene rings is 1. The second kappa shape index (κ2) is 8.50. The Kier molecular flexibility index (Phi) is 6.37. The van der Waals surface area contributed by atoms with E-state index in [1.165, 1.54) is 4.90 Å². The van der Waals surface area contributed by atoms with Gasteiger partial charge < -0.3 is 15.3 Å². The summed E-state index contributed by atoms with van der Waals surface area (Å²) < 4.78 is 27.4. The Labute approximate surface area is 181 Å². The zero-order valence-corrected chi connectivity index (χ0v) is 18.9. The average Bonchev–Trinajstić information content (AvgIpc) is 3.19. The van der Waals surface area contributed by atoms with Crippen LogP contribution in [0.3, 0.4) is 0 Å². The number of carbonyl (C=O) groups is 2. The van der Waals surface area contributed by atoms with E-state index in [-0.39, 0.29) is 15.9 Å². The van der Waals surface area contributed by atoms with Crippen LogP contribution in [0, 0.1) is 0 Å². The maximum absolute atomic E-state index is 13.2. The van der Waals surface area contributed by atoms with Crippen molar-refractivity contribution in [1.29, 1.82) is 0 Å². The van der Waals surface area contributed by atoms with Crippen LogP contribution < -0.4 is 5.32 Å². The van der Waals surface area contributed by atoms with Gasteiger partial charge in [-0.05, 0) is 32.8 Å². The maximum atomic E-state index is 13.2. The van der Waals surface area contributed by atoms with Gasteiger partial charge in [0, 0.05) is 30.6 Å². The Morgan fingerprint density at radius 3 is 2.50 bits per heavy atom. The summed E-state index contributed by atoms with van der Waals surface area (Å²) in [7, 11) is -3.98. The van der Waals surface area contributed by atoms with Crippen molar-refractivity contribution in [2.75, 3.05) is 25.4 Å². The lowest BCUT2D eigenvalue weighted by Crippen LogP contribution is -2.46. The van der Waals surface area contributed by atoms with Crippen molar-refractivity contribution in [3.05, 3.63) is 41.6 Å². The molecular weight excluding hydrogens is 426 g/mol. The fraction of sp³-hybridized carbons (Fsp3) is 0.500. The lowest BCUT2D eigenvalue weighted by Gasteiger charge is -2.30. The SMILES string of the molecule is CC(C)(C)N1C(=O)C(NCCSC2CCN(C(=O)O)C2)=C(c2ccccc2)S1(=O)=O. The zero-order chi connectivity index (χ0) is 22.1. The predicted octanol–water partition coefficient (Wildman–Crippen LogP) is 2.40. The van der Waals surface area contributed by atoms with Gasteiger partial charge in [-0.25, -0.2) is 17.5 Å². The molecule has 10 heteroatoms. The van der Waals surface area contributed by atoms with E-state index < -0.39 is 27.6 Å². The molecule has 0 radical (unpaired) electrons. The van der Waals surface area contributed by atoms with Gasteiger partial charge in [0.25, 0.3) is 15.9 Å². The fourth-order valence-electron chi connectivity index (χ4n) is 3.67. The Bertz CT molecular complexity index is 954. The predicted molar refractivity (Wildman–Crippen MR) is 117 cm³/mol. The third-order valence-corrected chi connectivity index (χ3v) is 8.39. The largest absolute Gasteiger partial charge is 0.465 e. The van der Waals surface area contributed by atoms with Crippen LogP contribution in [0.2, 0.25) is 0 Å². The molecule has 2 N–H and O–H groups in total. The summed E-state index contributed by atoms with van der Waals surface area (Å²) in [5.74, 6) is 0.0799. The Balaban J connectivity index is 1.76. The number of likely N-dealkylation sites (tertiary alicyclic amines) is 1. The van der Waals surface area contributed by atoms with Crippen molar-refractivity contribution >= 4 is 38.7 Å². The molecule has 1 saturated heterocycles. The number of carboxylic acid groups (broad SMARTS) is 1. The molecule has 2 aliphatic rings. The summed E-state index contributed by atoms with van der Waals surface area (Å²) in [6.07, 6.45) is -0.113. The van der Waals surface area contributed by atoms with Gasteiger partial charge in [0.15, 0.2) is 0 Å². The van der Waals surface area contributed by atoms with Crippen molar-refractivity contribution in [1.82, 2.24) is 14.5 Å². The maximum Gasteiger partial charge on any atom is 0.407 e. The van der Waals surface area contributed by atoms with Gasteiger partial charge in [-0.2, -0.15) is 11.8 Å². The third-order valence-electron chi connectivity index (χ3n) is 4.94. The van der Waals surface area contributed by atoms with E-state index in [1.807, 2.05) is 0 Å². The van der Waals surface area contributed by atoms with Crippen LogP contribution in [-0.2, 0) is 14.8 Å². The van der Waals surface area contributed by atoms with Gasteiger partial charge >= 0.3 is 6.09 Å². The normalized spacial score (nSPS) is 21.4. The minimum Gasteiger partial charge on any atom is -0.465 e. The van der Waals surface area contributed by atoms with Crippen molar-refractivity contribution < 1.29 is 23.1 Å². The van der Waals surface area contributed by atoms with Gasteiger partial charge in [-0.15, -0.1) is 0 Å². The first-order valence-electron chi connectivity index (χ1n) is 9.76. The second-order valence-corrected chi connectivity index (χ2v) is 11.4. The van der Waals surface area contributed by atoms with Gasteiger partial charge in [-0.3, -0.25) is 4.79 Å². The van der Waals surface area contributed by atoms with Crippen LogP contribution in [0.5, 0.6) is 0 Å². The van der Waals surface area contributed by atoms with Gasteiger partial charge in [0.2, 0.25) is 0 Å². The molecule has 2 heterocycles. The van der Waals surface area contributed by atoms with E-state index in [4.69, 9.17) is 5.11 Å². The quantitative estimate of drug-likeness (QED) is 0.637. The highest BCUT2D eigenvalue weighted by molar-refractivity contribution is 8.00. The van der Waals surface area contributed by atoms with Crippen LogP contribution >= 0.6 is 11.8 Å². The molecule has 0 aromatic heterocycles. The molecule has 2 aliphatic heterocycles. The summed E-state index contributed by atoms with van der Waals surface area (Å²) in [6.45, 7) is 6.50. The Morgan fingerprint density at radius 1 is 1.27 bits per heavy atom. The third kappa shape index (κ3) is 4.44. The van der Waals surface area contributed by atoms with Crippen LogP contribution in [0.25, 0.3) is 4.91 Å². The summed E-state index contributed by atoms with van der Waals surface area (Å²) in [5.41, 5.74) is -0.325. The molecule has 1 unspecified atom stereocenters. The summed E-state index contributed by atoms with van der Waals surface area (Å²) in [5, 5.41) is 12.3. The van der Waals surface area contributed by atoms with E-state index in [0.29, 0.717) is 31.0 Å². The van der Waals surface area contributed by atoms with Crippen LogP contribution in [0.4, 0.5) is 4.79 Å². The van der Waals surface area contributed by atoms with Crippen molar-refractivity contribution in [3.8, 4) is 0 Å². The first-order valence-corrected chi connectivity index (χ1v) is 12.2. The van der Waals surface area contributed by atoms with Crippen molar-refractivity contribution in [2.24, 2.45) is 0 Å². The number of sulfonamides is 1. The molecule has 0 spiro atoms. The molecule has 1 aromatic carbocycles. The van der Waals surface area contributed by atoms with Gasteiger partial charge in [-0.1, -0.05) is 30.3 Å². The molecule has 1 fully saturated rings. The van der Waals surface area contributed by atoms with Crippen molar-refractivity contribution in [2.45, 2.75) is 38.0 Å². The fourth-order valence-corrected chi connectivity index (χ4v) is 6.85. The molecule has 30 heavy (non-hydrogen) atoms. The number of nitrogens with zero attached hydrogens (tertiary/aromatic N) is 2. The monoisotopic (exact) mass is 453 g/mol. The average molecular weight is 454 g/mol. The molecule has 1 aromatic rings. The molecular formula is C20H27N3O5S2. The van der Waals surface area contributed by atoms with E-state index in [0.717, 1.165) is 10.7 Å². The summed E-state index contributed by atoms with van der Waals surface area (Å²) >= 11 is 1.63. The van der Waals surface area contributed by atoms with Gasteiger partial charge in [0.05, 0.1) is 5.54 Å². The molecule has 0 aliphatic carbocycles. The van der Waals surface area contributed by atoms with Gasteiger partial charge in [0.1, 0.15) is 10.6 Å². The van der Waals surface area contributed by atoms with E-state index in [2.05, 4.69) is 5.32 Å². The first-order chi connectivity index (χ1) is 14.0. The molecule has 164 valence electrons. The highest BCUT2D eigenvalue weighted by Crippen LogP contribution is 2.38. The summed E-state index contributed by atoms with van der Waals surface area (Å²) in [4.78, 5) is 25.5. The number of carbonyl (C=O) groups excluding carboxylic acids is 1. The number of amides is 2. The zero-order valence-electron chi connectivity index (χ0n) is 17.3. The number of thioether (sulfide) groups is 1. The molecule has 0 bridgehead atoms. The highest BCUT2D eigenvalue weighted by atomic mass is 32.2. The second-order valence-electron chi connectivity index (χ2n) is 8.25. The summed E-state index contributed by atoms with van der Waals surface area (Å²) in [6, 6.07) is 8.64. The number of hydrogen-bond acceptors (Lipinski definition) is 6. The Hall–Kier alpha value is -2.20. The minimum atomic E-state index is -3.98.